The monoisotopic (exact) mass is 397 g/mol. The molecule has 4 rings (SSSR count). The van der Waals surface area contributed by atoms with Gasteiger partial charge in [0.25, 0.3) is 5.91 Å². The molecule has 0 N–H and O–H groups in total. The maximum absolute atomic E-state index is 12.5. The van der Waals surface area contributed by atoms with E-state index in [-0.39, 0.29) is 5.91 Å². The number of rotatable bonds is 5. The third-order valence-corrected chi connectivity index (χ3v) is 6.52. The van der Waals surface area contributed by atoms with Gasteiger partial charge in [-0.2, -0.15) is 0 Å². The van der Waals surface area contributed by atoms with Crippen LogP contribution in [-0.2, 0) is 6.54 Å². The number of benzene rings is 1. The Hall–Kier alpha value is -2.41. The largest absolute Gasteiger partial charge is 0.496 e. The Kier molecular flexibility index (Phi) is 5.85. The summed E-state index contributed by atoms with van der Waals surface area (Å²) in [4.78, 5) is 16.9. The van der Waals surface area contributed by atoms with E-state index >= 15 is 0 Å². The lowest BCUT2D eigenvalue weighted by atomic mass is 10.00. The summed E-state index contributed by atoms with van der Waals surface area (Å²) in [6.07, 6.45) is 6.07. The summed E-state index contributed by atoms with van der Waals surface area (Å²) in [7, 11) is 1.72. The molecule has 3 heterocycles. The van der Waals surface area contributed by atoms with Crippen molar-refractivity contribution in [2.45, 2.75) is 52.1 Å². The molecule has 0 aliphatic carbocycles. The molecule has 2 saturated heterocycles. The van der Waals surface area contributed by atoms with E-state index in [1.54, 1.807) is 7.11 Å². The van der Waals surface area contributed by atoms with Gasteiger partial charge in [0.1, 0.15) is 5.75 Å². The van der Waals surface area contributed by atoms with Crippen LogP contribution in [0.15, 0.2) is 18.3 Å². The van der Waals surface area contributed by atoms with Crippen molar-refractivity contribution in [2.75, 3.05) is 33.3 Å². The van der Waals surface area contributed by atoms with Crippen LogP contribution in [0.5, 0.6) is 5.75 Å². The van der Waals surface area contributed by atoms with Crippen LogP contribution in [0.4, 0.5) is 0 Å². The van der Waals surface area contributed by atoms with Crippen LogP contribution in [0.2, 0.25) is 0 Å². The number of nitrogens with zero attached hydrogens (tertiary/aromatic N) is 5. The minimum absolute atomic E-state index is 0.0246. The lowest BCUT2D eigenvalue weighted by Crippen LogP contribution is -2.34. The Morgan fingerprint density at radius 2 is 1.83 bits per heavy atom. The topological polar surface area (TPSA) is 63.5 Å². The highest BCUT2D eigenvalue weighted by Crippen LogP contribution is 2.27. The van der Waals surface area contributed by atoms with Crippen molar-refractivity contribution in [3.63, 3.8) is 0 Å². The molecule has 29 heavy (non-hydrogen) atoms. The van der Waals surface area contributed by atoms with Gasteiger partial charge in [0.15, 0.2) is 5.69 Å². The summed E-state index contributed by atoms with van der Waals surface area (Å²) in [6, 6.07) is 4.57. The van der Waals surface area contributed by atoms with Gasteiger partial charge in [-0.25, -0.2) is 4.68 Å². The summed E-state index contributed by atoms with van der Waals surface area (Å²) in [5.74, 6) is 0.979. The van der Waals surface area contributed by atoms with Crippen LogP contribution in [0, 0.1) is 13.8 Å². The highest BCUT2D eigenvalue weighted by atomic mass is 16.5. The molecule has 0 bridgehead atoms. The first-order valence-electron chi connectivity index (χ1n) is 10.6. The number of amides is 1. The number of aromatic nitrogens is 3. The Bertz CT molecular complexity index is 864. The molecule has 7 nitrogen and oxygen atoms in total. The predicted molar refractivity (Wildman–Crippen MR) is 111 cm³/mol. The molecule has 2 fully saturated rings. The number of methoxy groups -OCH3 is 1. The average Bonchev–Trinajstić information content (AvgIpc) is 3.44. The lowest BCUT2D eigenvalue weighted by molar-refractivity contribution is 0.0787. The fraction of sp³-hybridized carbons (Fsp3) is 0.591. The highest BCUT2D eigenvalue weighted by Gasteiger charge is 2.26. The number of carbonyl (C=O) groups is 1. The standard InChI is InChI=1S/C22H31N5O2/c1-16-17(2)21(29-3)7-6-18(16)14-25-12-8-19(9-13-25)27-15-20(23-24-27)22(28)26-10-4-5-11-26/h6-7,15,19H,4-5,8-14H2,1-3H3. The summed E-state index contributed by atoms with van der Waals surface area (Å²) in [5, 5.41) is 8.43. The average molecular weight is 398 g/mol. The molecular weight excluding hydrogens is 366 g/mol. The second-order valence-electron chi connectivity index (χ2n) is 8.27. The summed E-state index contributed by atoms with van der Waals surface area (Å²) in [5.41, 5.74) is 4.38. The van der Waals surface area contributed by atoms with Crippen LogP contribution in [0.3, 0.4) is 0 Å². The molecule has 0 atom stereocenters. The zero-order chi connectivity index (χ0) is 20.4. The number of hydrogen-bond donors (Lipinski definition) is 0. The summed E-state index contributed by atoms with van der Waals surface area (Å²) in [6.45, 7) is 8.97. The second kappa shape index (κ2) is 8.53. The number of likely N-dealkylation sites (tertiary alicyclic amines) is 2. The van der Waals surface area contributed by atoms with Crippen LogP contribution >= 0.6 is 0 Å². The molecule has 2 aromatic rings. The molecule has 1 aromatic carbocycles. The van der Waals surface area contributed by atoms with Crippen LogP contribution < -0.4 is 4.74 Å². The first kappa shape index (κ1) is 19.9. The Labute approximate surface area is 172 Å². The minimum Gasteiger partial charge on any atom is -0.496 e. The SMILES string of the molecule is COc1ccc(CN2CCC(n3cc(C(=O)N4CCCC4)nn3)CC2)c(C)c1C. The molecule has 7 heteroatoms. The normalized spacial score (nSPS) is 18.4. The number of ether oxygens (including phenoxy) is 1. The van der Waals surface area contributed by atoms with Crippen molar-refractivity contribution >= 4 is 5.91 Å². The smallest absolute Gasteiger partial charge is 0.276 e. The van der Waals surface area contributed by atoms with Gasteiger partial charge in [0.2, 0.25) is 0 Å². The maximum atomic E-state index is 12.5. The van der Waals surface area contributed by atoms with E-state index in [4.69, 9.17) is 4.74 Å². The predicted octanol–water partition coefficient (Wildman–Crippen LogP) is 2.98. The molecule has 2 aliphatic rings. The third-order valence-electron chi connectivity index (χ3n) is 6.52. The molecule has 0 spiro atoms. The van der Waals surface area contributed by atoms with Gasteiger partial charge in [-0.05, 0) is 62.3 Å². The third kappa shape index (κ3) is 4.15. The highest BCUT2D eigenvalue weighted by molar-refractivity contribution is 5.92. The van der Waals surface area contributed by atoms with Crippen molar-refractivity contribution in [2.24, 2.45) is 0 Å². The molecule has 2 aliphatic heterocycles. The van der Waals surface area contributed by atoms with E-state index in [9.17, 15) is 4.79 Å². The van der Waals surface area contributed by atoms with Gasteiger partial charge in [-0.1, -0.05) is 11.3 Å². The van der Waals surface area contributed by atoms with Gasteiger partial charge in [-0.3, -0.25) is 9.69 Å². The summed E-state index contributed by atoms with van der Waals surface area (Å²) >= 11 is 0. The van der Waals surface area contributed by atoms with Gasteiger partial charge in [0, 0.05) is 32.7 Å². The van der Waals surface area contributed by atoms with Crippen molar-refractivity contribution in [1.29, 1.82) is 0 Å². The zero-order valence-electron chi connectivity index (χ0n) is 17.7. The van der Waals surface area contributed by atoms with E-state index in [1.165, 1.54) is 16.7 Å². The molecular formula is C22H31N5O2. The van der Waals surface area contributed by atoms with E-state index in [2.05, 4.69) is 41.2 Å². The van der Waals surface area contributed by atoms with E-state index in [0.717, 1.165) is 64.2 Å². The first-order valence-corrected chi connectivity index (χ1v) is 10.6. The Balaban J connectivity index is 1.34. The first-order chi connectivity index (χ1) is 14.1. The molecule has 0 unspecified atom stereocenters. The van der Waals surface area contributed by atoms with Crippen LogP contribution in [-0.4, -0.2) is 64.0 Å². The minimum atomic E-state index is 0.0246. The number of piperidine rings is 1. The zero-order valence-corrected chi connectivity index (χ0v) is 17.7. The second-order valence-corrected chi connectivity index (χ2v) is 8.27. The molecule has 1 amide bonds. The van der Waals surface area contributed by atoms with Crippen molar-refractivity contribution < 1.29 is 9.53 Å². The number of carbonyl (C=O) groups excluding carboxylic acids is 1. The van der Waals surface area contributed by atoms with E-state index in [1.807, 2.05) is 15.8 Å². The van der Waals surface area contributed by atoms with Crippen LogP contribution in [0.25, 0.3) is 0 Å². The van der Waals surface area contributed by atoms with Crippen molar-refractivity contribution in [1.82, 2.24) is 24.8 Å². The quantitative estimate of drug-likeness (QED) is 0.776. The van der Waals surface area contributed by atoms with Crippen molar-refractivity contribution in [3.8, 4) is 5.75 Å². The van der Waals surface area contributed by atoms with E-state index in [0.29, 0.717) is 11.7 Å². The lowest BCUT2D eigenvalue weighted by Gasteiger charge is -2.32. The Morgan fingerprint density at radius 3 is 2.52 bits per heavy atom. The fourth-order valence-corrected chi connectivity index (χ4v) is 4.46. The number of hydrogen-bond acceptors (Lipinski definition) is 5. The van der Waals surface area contributed by atoms with Gasteiger partial charge < -0.3 is 9.64 Å². The van der Waals surface area contributed by atoms with Gasteiger partial charge in [0.05, 0.1) is 19.3 Å². The van der Waals surface area contributed by atoms with E-state index < -0.39 is 0 Å². The van der Waals surface area contributed by atoms with Crippen molar-refractivity contribution in [3.05, 3.63) is 40.7 Å². The van der Waals surface area contributed by atoms with Gasteiger partial charge in [-0.15, -0.1) is 5.10 Å². The molecule has 0 radical (unpaired) electrons. The molecule has 0 saturated carbocycles. The van der Waals surface area contributed by atoms with Gasteiger partial charge >= 0.3 is 0 Å². The molecule has 156 valence electrons. The molecule has 1 aromatic heterocycles. The van der Waals surface area contributed by atoms with Crippen LogP contribution in [0.1, 0.15) is 58.9 Å². The fourth-order valence-electron chi connectivity index (χ4n) is 4.46. The maximum Gasteiger partial charge on any atom is 0.276 e. The Morgan fingerprint density at radius 1 is 1.10 bits per heavy atom. The summed E-state index contributed by atoms with van der Waals surface area (Å²) < 4.78 is 7.34.